The van der Waals surface area contributed by atoms with Crippen molar-refractivity contribution in [2.45, 2.75) is 0 Å². The lowest BCUT2D eigenvalue weighted by atomic mass is 10.1. The highest BCUT2D eigenvalue weighted by Crippen LogP contribution is 2.39. The van der Waals surface area contributed by atoms with Crippen molar-refractivity contribution in [3.8, 4) is 11.5 Å². The molecule has 1 aliphatic heterocycles. The Morgan fingerprint density at radius 1 is 1.16 bits per heavy atom. The average Bonchev–Trinajstić information content (AvgIpc) is 2.89. The molecule has 1 heterocycles. The summed E-state index contributed by atoms with van der Waals surface area (Å²) < 4.78 is 11.9. The zero-order valence-corrected chi connectivity index (χ0v) is 16.7. The van der Waals surface area contributed by atoms with E-state index in [0.717, 1.165) is 15.7 Å². The van der Waals surface area contributed by atoms with Gasteiger partial charge in [-0.05, 0) is 52.3 Å². The Morgan fingerprint density at radius 3 is 2.60 bits per heavy atom. The van der Waals surface area contributed by atoms with Crippen LogP contribution in [0.15, 0.2) is 51.8 Å². The van der Waals surface area contributed by atoms with Crippen molar-refractivity contribution >= 4 is 61.9 Å². The van der Waals surface area contributed by atoms with Crippen LogP contribution in [0.5, 0.6) is 11.5 Å². The number of hydrogen-bond acceptors (Lipinski definition) is 5. The van der Waals surface area contributed by atoms with Gasteiger partial charge in [-0.3, -0.25) is 9.69 Å². The van der Waals surface area contributed by atoms with Crippen LogP contribution in [0.4, 0.5) is 5.69 Å². The number of nitrogens with zero attached hydrogens (tertiary/aromatic N) is 1. The minimum atomic E-state index is -0.160. The van der Waals surface area contributed by atoms with Crippen molar-refractivity contribution in [3.05, 3.63) is 57.4 Å². The van der Waals surface area contributed by atoms with Crippen molar-refractivity contribution in [3.63, 3.8) is 0 Å². The van der Waals surface area contributed by atoms with Crippen molar-refractivity contribution in [1.82, 2.24) is 0 Å². The van der Waals surface area contributed by atoms with Gasteiger partial charge < -0.3 is 9.47 Å². The van der Waals surface area contributed by atoms with Gasteiger partial charge in [-0.1, -0.05) is 36.1 Å². The van der Waals surface area contributed by atoms with Gasteiger partial charge in [-0.15, -0.1) is 0 Å². The van der Waals surface area contributed by atoms with E-state index in [1.54, 1.807) is 26.4 Å². The van der Waals surface area contributed by atoms with Crippen LogP contribution in [0.2, 0.25) is 0 Å². The molecule has 0 bridgehead atoms. The number of anilines is 1. The number of ether oxygens (including phenoxy) is 2. The Morgan fingerprint density at radius 2 is 1.92 bits per heavy atom. The largest absolute Gasteiger partial charge is 0.497 e. The zero-order valence-electron chi connectivity index (χ0n) is 13.5. The third kappa shape index (κ3) is 3.58. The van der Waals surface area contributed by atoms with E-state index in [0.29, 0.717) is 20.7 Å². The molecule has 4 nitrogen and oxygen atoms in total. The zero-order chi connectivity index (χ0) is 18.0. The number of thiocarbonyl (C=S) groups is 1. The first-order valence-electron chi connectivity index (χ1n) is 7.29. The van der Waals surface area contributed by atoms with E-state index in [1.807, 2.05) is 36.4 Å². The van der Waals surface area contributed by atoms with Gasteiger partial charge in [-0.25, -0.2) is 0 Å². The summed E-state index contributed by atoms with van der Waals surface area (Å²) in [5.41, 5.74) is 1.49. The second-order valence-electron chi connectivity index (χ2n) is 5.08. The van der Waals surface area contributed by atoms with Gasteiger partial charge in [0, 0.05) is 10.0 Å². The van der Waals surface area contributed by atoms with Crippen LogP contribution in [0, 0.1) is 0 Å². The standard InChI is InChI=1S/C18H14BrNO3S2/c1-22-12-7-8-15(23-2)11(9-12)10-16-17(21)20(18(24)25-16)14-6-4-3-5-13(14)19/h3-10H,1-2H3/b16-10-. The maximum atomic E-state index is 12.9. The third-order valence-electron chi connectivity index (χ3n) is 3.61. The summed E-state index contributed by atoms with van der Waals surface area (Å²) in [6.07, 6.45) is 1.78. The fraction of sp³-hybridized carbons (Fsp3) is 0.111. The maximum Gasteiger partial charge on any atom is 0.270 e. The molecule has 0 atom stereocenters. The van der Waals surface area contributed by atoms with E-state index < -0.39 is 0 Å². The van der Waals surface area contributed by atoms with E-state index in [4.69, 9.17) is 21.7 Å². The highest BCUT2D eigenvalue weighted by Gasteiger charge is 2.34. The first-order chi connectivity index (χ1) is 12.0. The quantitative estimate of drug-likeness (QED) is 0.505. The monoisotopic (exact) mass is 435 g/mol. The Kier molecular flexibility index (Phi) is 5.46. The summed E-state index contributed by atoms with van der Waals surface area (Å²) >= 11 is 10.1. The van der Waals surface area contributed by atoms with Crippen LogP contribution in [-0.4, -0.2) is 24.4 Å². The summed E-state index contributed by atoms with van der Waals surface area (Å²) in [4.78, 5) is 14.9. The fourth-order valence-electron chi connectivity index (χ4n) is 2.40. The molecule has 0 spiro atoms. The van der Waals surface area contributed by atoms with E-state index in [-0.39, 0.29) is 5.91 Å². The van der Waals surface area contributed by atoms with Crippen molar-refractivity contribution in [2.24, 2.45) is 0 Å². The molecule has 0 aliphatic carbocycles. The number of rotatable bonds is 4. The number of methoxy groups -OCH3 is 2. The smallest absolute Gasteiger partial charge is 0.270 e. The molecule has 1 fully saturated rings. The van der Waals surface area contributed by atoms with Crippen molar-refractivity contribution in [2.75, 3.05) is 19.1 Å². The number of halogens is 1. The summed E-state index contributed by atoms with van der Waals surface area (Å²) in [5, 5.41) is 0. The summed E-state index contributed by atoms with van der Waals surface area (Å²) in [5.74, 6) is 1.19. The predicted molar refractivity (Wildman–Crippen MR) is 109 cm³/mol. The molecule has 0 unspecified atom stereocenters. The van der Waals surface area contributed by atoms with Crippen LogP contribution in [0.3, 0.4) is 0 Å². The Balaban J connectivity index is 2.00. The van der Waals surface area contributed by atoms with Crippen molar-refractivity contribution < 1.29 is 14.3 Å². The molecular weight excluding hydrogens is 422 g/mol. The summed E-state index contributed by atoms with van der Waals surface area (Å²) in [6.45, 7) is 0. The Bertz CT molecular complexity index is 882. The van der Waals surface area contributed by atoms with Crippen LogP contribution in [0.25, 0.3) is 6.08 Å². The predicted octanol–water partition coefficient (Wildman–Crippen LogP) is 4.87. The van der Waals surface area contributed by atoms with E-state index in [2.05, 4.69) is 15.9 Å². The van der Waals surface area contributed by atoms with Crippen molar-refractivity contribution in [1.29, 1.82) is 0 Å². The molecule has 2 aromatic rings. The lowest BCUT2D eigenvalue weighted by Crippen LogP contribution is -2.27. The van der Waals surface area contributed by atoms with Crippen LogP contribution < -0.4 is 14.4 Å². The average molecular weight is 436 g/mol. The SMILES string of the molecule is COc1ccc(OC)c(/C=C2\SC(=S)N(c3ccccc3Br)C2=O)c1. The van der Waals surface area contributed by atoms with Gasteiger partial charge >= 0.3 is 0 Å². The molecule has 2 aromatic carbocycles. The van der Waals surface area contributed by atoms with Gasteiger partial charge in [0.1, 0.15) is 11.5 Å². The minimum Gasteiger partial charge on any atom is -0.497 e. The molecule has 3 rings (SSSR count). The first-order valence-corrected chi connectivity index (χ1v) is 9.31. The van der Waals surface area contributed by atoms with Gasteiger partial charge in [0.2, 0.25) is 0 Å². The number of carbonyl (C=O) groups is 1. The molecule has 0 radical (unpaired) electrons. The Labute approximate surface area is 163 Å². The van der Waals surface area contributed by atoms with E-state index in [9.17, 15) is 4.79 Å². The molecule has 25 heavy (non-hydrogen) atoms. The molecule has 1 amide bonds. The molecular formula is C18H14BrNO3S2. The highest BCUT2D eigenvalue weighted by atomic mass is 79.9. The van der Waals surface area contributed by atoms with Crippen LogP contribution in [0.1, 0.15) is 5.56 Å². The molecule has 7 heteroatoms. The molecule has 1 aliphatic rings. The topological polar surface area (TPSA) is 38.8 Å². The number of para-hydroxylation sites is 1. The van der Waals surface area contributed by atoms with Gasteiger partial charge in [0.15, 0.2) is 4.32 Å². The molecule has 0 aromatic heterocycles. The van der Waals surface area contributed by atoms with Crippen LogP contribution >= 0.6 is 39.9 Å². The fourth-order valence-corrected chi connectivity index (χ4v) is 4.14. The maximum absolute atomic E-state index is 12.9. The van der Waals surface area contributed by atoms with Crippen LogP contribution in [-0.2, 0) is 4.79 Å². The van der Waals surface area contributed by atoms with Gasteiger partial charge in [-0.2, -0.15) is 0 Å². The molecule has 0 N–H and O–H groups in total. The lowest BCUT2D eigenvalue weighted by molar-refractivity contribution is -0.113. The molecule has 1 saturated heterocycles. The van der Waals surface area contributed by atoms with E-state index >= 15 is 0 Å². The number of thioether (sulfide) groups is 1. The third-order valence-corrected chi connectivity index (χ3v) is 5.58. The molecule has 0 saturated carbocycles. The summed E-state index contributed by atoms with van der Waals surface area (Å²) in [6, 6.07) is 12.9. The summed E-state index contributed by atoms with van der Waals surface area (Å²) in [7, 11) is 3.18. The number of amides is 1. The number of hydrogen-bond donors (Lipinski definition) is 0. The second-order valence-corrected chi connectivity index (χ2v) is 7.61. The lowest BCUT2D eigenvalue weighted by Gasteiger charge is -2.16. The molecule has 128 valence electrons. The number of benzene rings is 2. The highest BCUT2D eigenvalue weighted by molar-refractivity contribution is 9.10. The normalized spacial score (nSPS) is 15.8. The Hall–Kier alpha value is -1.83. The minimum absolute atomic E-state index is 0.160. The number of carbonyl (C=O) groups excluding carboxylic acids is 1. The van der Waals surface area contributed by atoms with Gasteiger partial charge in [0.25, 0.3) is 5.91 Å². The second kappa shape index (κ2) is 7.59. The van der Waals surface area contributed by atoms with E-state index in [1.165, 1.54) is 16.7 Å². The van der Waals surface area contributed by atoms with Gasteiger partial charge in [0.05, 0.1) is 24.8 Å². The first kappa shape index (κ1) is 18.0.